The molecule has 0 saturated heterocycles. The third-order valence-electron chi connectivity index (χ3n) is 11.6. The van der Waals surface area contributed by atoms with Crippen molar-refractivity contribution in [1.29, 1.82) is 0 Å². The van der Waals surface area contributed by atoms with Gasteiger partial charge in [-0.25, -0.2) is 0 Å². The number of pyridine rings is 1. The smallest absolute Gasteiger partial charge is 0.145 e. The van der Waals surface area contributed by atoms with Gasteiger partial charge in [0.25, 0.3) is 0 Å². The molecule has 11 rings (SSSR count). The lowest BCUT2D eigenvalue weighted by molar-refractivity contribution is 0.664. The van der Waals surface area contributed by atoms with E-state index in [0.29, 0.717) is 0 Å². The summed E-state index contributed by atoms with van der Waals surface area (Å²) in [6.07, 6.45) is 3.75. The second-order valence-electron chi connectivity index (χ2n) is 15.1. The van der Waals surface area contributed by atoms with E-state index in [9.17, 15) is 0 Å². The quantitative estimate of drug-likeness (QED) is 0.159. The predicted molar refractivity (Wildman–Crippen MR) is 245 cm³/mol. The first-order chi connectivity index (χ1) is 29.2. The molecular formula is C54H39N5. The number of para-hydroxylation sites is 1. The first-order valence-corrected chi connectivity index (χ1v) is 20.1. The number of hydrogen-bond donors (Lipinski definition) is 2. The monoisotopic (exact) mass is 757 g/mol. The van der Waals surface area contributed by atoms with Crippen LogP contribution in [-0.2, 0) is 0 Å². The Morgan fingerprint density at radius 2 is 0.966 bits per heavy atom. The number of fused-ring (bicyclic) bond motifs is 6. The van der Waals surface area contributed by atoms with Gasteiger partial charge in [0.15, 0.2) is 0 Å². The largest absolute Gasteiger partial charge is 0.360 e. The summed E-state index contributed by atoms with van der Waals surface area (Å²) >= 11 is 0. The zero-order valence-corrected chi connectivity index (χ0v) is 32.2. The van der Waals surface area contributed by atoms with Gasteiger partial charge in [0.2, 0.25) is 0 Å². The molecule has 3 heterocycles. The Kier molecular flexibility index (Phi) is 8.55. The minimum atomic E-state index is -0.203. The molecule has 280 valence electrons. The highest BCUT2D eigenvalue weighted by Crippen LogP contribution is 2.53. The van der Waals surface area contributed by atoms with E-state index < -0.39 is 0 Å². The lowest BCUT2D eigenvalue weighted by atomic mass is 9.97. The fraction of sp³-hybridized carbons (Fsp3) is 0.0370. The SMILES string of the molecule is C1=C(c2ccc(-c3ccc(C4Nc5c(c6cccnc6c6ccccc56)N4c4ccccc4)cc3)cc2)NC(c2ccccc2)N=C1c1ccc(-c2ccccc2)cc1. The Labute approximate surface area is 343 Å². The first kappa shape index (κ1) is 34.5. The fourth-order valence-corrected chi connectivity index (χ4v) is 8.62. The highest BCUT2D eigenvalue weighted by molar-refractivity contribution is 6.21. The Balaban J connectivity index is 0.903. The molecule has 2 unspecified atom stereocenters. The molecule has 5 heteroatoms. The van der Waals surface area contributed by atoms with Crippen LogP contribution in [0.1, 0.15) is 34.6 Å². The summed E-state index contributed by atoms with van der Waals surface area (Å²) in [5.74, 6) is 0. The first-order valence-electron chi connectivity index (χ1n) is 20.1. The molecule has 2 aliphatic rings. The van der Waals surface area contributed by atoms with Crippen molar-refractivity contribution in [3.05, 3.63) is 235 Å². The van der Waals surface area contributed by atoms with Gasteiger partial charge < -0.3 is 15.5 Å². The minimum Gasteiger partial charge on any atom is -0.360 e. The molecule has 0 aliphatic carbocycles. The van der Waals surface area contributed by atoms with Crippen LogP contribution in [0.25, 0.3) is 49.6 Å². The van der Waals surface area contributed by atoms with E-state index in [1.54, 1.807) is 0 Å². The average Bonchev–Trinajstić information content (AvgIpc) is 3.74. The van der Waals surface area contributed by atoms with Crippen molar-refractivity contribution in [3.8, 4) is 22.3 Å². The zero-order valence-electron chi connectivity index (χ0n) is 32.2. The van der Waals surface area contributed by atoms with Gasteiger partial charge in [-0.2, -0.15) is 0 Å². The molecule has 8 aromatic carbocycles. The summed E-state index contributed by atoms with van der Waals surface area (Å²) in [5.41, 5.74) is 15.6. The highest BCUT2D eigenvalue weighted by Gasteiger charge is 2.35. The molecule has 2 aliphatic heterocycles. The van der Waals surface area contributed by atoms with Gasteiger partial charge in [-0.3, -0.25) is 9.98 Å². The van der Waals surface area contributed by atoms with Crippen LogP contribution >= 0.6 is 0 Å². The van der Waals surface area contributed by atoms with Crippen LogP contribution in [0.2, 0.25) is 0 Å². The number of nitrogens with zero attached hydrogens (tertiary/aromatic N) is 3. The summed E-state index contributed by atoms with van der Waals surface area (Å²) in [7, 11) is 0. The van der Waals surface area contributed by atoms with Crippen LogP contribution in [0, 0.1) is 0 Å². The topological polar surface area (TPSA) is 52.6 Å². The van der Waals surface area contributed by atoms with Crippen molar-refractivity contribution < 1.29 is 0 Å². The maximum atomic E-state index is 5.19. The van der Waals surface area contributed by atoms with Gasteiger partial charge in [-0.05, 0) is 74.8 Å². The summed E-state index contributed by atoms with van der Waals surface area (Å²) in [5, 5.41) is 11.1. The lowest BCUT2D eigenvalue weighted by Crippen LogP contribution is -2.24. The summed E-state index contributed by atoms with van der Waals surface area (Å²) in [6, 6.07) is 71.0. The molecule has 5 nitrogen and oxygen atoms in total. The lowest BCUT2D eigenvalue weighted by Gasteiger charge is -2.28. The van der Waals surface area contributed by atoms with E-state index in [2.05, 4.69) is 210 Å². The van der Waals surface area contributed by atoms with Crippen LogP contribution in [-0.4, -0.2) is 10.7 Å². The van der Waals surface area contributed by atoms with Crippen molar-refractivity contribution in [1.82, 2.24) is 10.3 Å². The standard InChI is InChI=1S/C54H39N5/c1-4-13-36(14-5-1)37-22-28-40(29-23-37)48-35-49(57-53(56-48)42-15-6-2-7-16-42)41-30-24-38(25-31-41)39-26-32-43(33-27-39)54-58-51-46-20-11-10-19-45(46)50-47(21-12-34-55-50)52(51)59(54)44-17-8-3-9-18-44/h1-35,53-54,57-58H. The molecule has 0 saturated carbocycles. The normalized spacial score (nSPS) is 15.9. The molecule has 9 aromatic rings. The van der Waals surface area contributed by atoms with E-state index in [1.165, 1.54) is 22.1 Å². The maximum absolute atomic E-state index is 5.19. The zero-order chi connectivity index (χ0) is 39.1. The molecule has 59 heavy (non-hydrogen) atoms. The van der Waals surface area contributed by atoms with E-state index in [1.807, 2.05) is 18.3 Å². The van der Waals surface area contributed by atoms with E-state index in [4.69, 9.17) is 9.98 Å². The molecule has 2 N–H and O–H groups in total. The van der Waals surface area contributed by atoms with Crippen LogP contribution in [0.5, 0.6) is 0 Å². The number of aromatic nitrogens is 1. The maximum Gasteiger partial charge on any atom is 0.145 e. The second-order valence-corrected chi connectivity index (χ2v) is 15.1. The van der Waals surface area contributed by atoms with Gasteiger partial charge in [-0.15, -0.1) is 0 Å². The van der Waals surface area contributed by atoms with Crippen LogP contribution in [0.15, 0.2) is 217 Å². The Bertz CT molecular complexity index is 3010. The van der Waals surface area contributed by atoms with Crippen molar-refractivity contribution in [2.45, 2.75) is 12.3 Å². The number of allylic oxidation sites excluding steroid dienone is 1. The number of benzene rings is 8. The highest BCUT2D eigenvalue weighted by atomic mass is 15.3. The van der Waals surface area contributed by atoms with Gasteiger partial charge in [0, 0.05) is 33.7 Å². The van der Waals surface area contributed by atoms with Crippen LogP contribution in [0.4, 0.5) is 17.1 Å². The summed E-state index contributed by atoms with van der Waals surface area (Å²) in [4.78, 5) is 12.5. The van der Waals surface area contributed by atoms with Crippen molar-refractivity contribution in [3.63, 3.8) is 0 Å². The van der Waals surface area contributed by atoms with Crippen LogP contribution in [0.3, 0.4) is 0 Å². The Hall–Kier alpha value is -7.76. The average molecular weight is 758 g/mol. The predicted octanol–water partition coefficient (Wildman–Crippen LogP) is 13.1. The van der Waals surface area contributed by atoms with Gasteiger partial charge in [-0.1, -0.05) is 176 Å². The second kappa shape index (κ2) is 14.6. The number of anilines is 3. The van der Waals surface area contributed by atoms with Gasteiger partial charge in [0.05, 0.1) is 22.6 Å². The summed E-state index contributed by atoms with van der Waals surface area (Å²) in [6.45, 7) is 0. The Morgan fingerprint density at radius 3 is 1.66 bits per heavy atom. The van der Waals surface area contributed by atoms with E-state index in [-0.39, 0.29) is 12.3 Å². The molecule has 2 atom stereocenters. The van der Waals surface area contributed by atoms with Gasteiger partial charge >= 0.3 is 0 Å². The minimum absolute atomic E-state index is 0.106. The van der Waals surface area contributed by atoms with E-state index >= 15 is 0 Å². The Morgan fingerprint density at radius 1 is 0.424 bits per heavy atom. The fourth-order valence-electron chi connectivity index (χ4n) is 8.62. The van der Waals surface area contributed by atoms with Crippen molar-refractivity contribution in [2.75, 3.05) is 10.2 Å². The van der Waals surface area contributed by atoms with Crippen molar-refractivity contribution in [2.24, 2.45) is 4.99 Å². The summed E-state index contributed by atoms with van der Waals surface area (Å²) < 4.78 is 0. The molecule has 0 bridgehead atoms. The molecule has 0 spiro atoms. The third-order valence-corrected chi connectivity index (χ3v) is 11.6. The van der Waals surface area contributed by atoms with Crippen LogP contribution < -0.4 is 15.5 Å². The molecule has 0 amide bonds. The number of rotatable bonds is 7. The molecular weight excluding hydrogens is 719 g/mol. The number of aliphatic imine (C=N–C) groups is 1. The van der Waals surface area contributed by atoms with Crippen molar-refractivity contribution >= 4 is 50.1 Å². The molecule has 1 aromatic heterocycles. The molecule has 0 fully saturated rings. The number of hydrogen-bond acceptors (Lipinski definition) is 5. The van der Waals surface area contributed by atoms with Gasteiger partial charge in [0.1, 0.15) is 12.3 Å². The third kappa shape index (κ3) is 6.30. The number of nitrogens with one attached hydrogen (secondary N) is 2. The molecule has 0 radical (unpaired) electrons. The van der Waals surface area contributed by atoms with E-state index in [0.717, 1.165) is 72.6 Å².